The minimum atomic E-state index is -0.614. The Bertz CT molecular complexity index is 1550. The molecule has 0 radical (unpaired) electrons. The minimum absolute atomic E-state index is 0.182. The monoisotopic (exact) mass is 536 g/mol. The first kappa shape index (κ1) is 26.9. The molecule has 2 heterocycles. The zero-order chi connectivity index (χ0) is 26.9. The van der Waals surface area contributed by atoms with Crippen LogP contribution in [0.4, 0.5) is 0 Å². The van der Waals surface area contributed by atoms with E-state index in [-0.39, 0.29) is 18.1 Å². The second-order valence-corrected chi connectivity index (χ2v) is 11.1. The van der Waals surface area contributed by atoms with Gasteiger partial charge in [0.05, 0.1) is 35.6 Å². The van der Waals surface area contributed by atoms with Crippen molar-refractivity contribution in [3.05, 3.63) is 89.6 Å². The fraction of sp³-hybridized carbons (Fsp3) is 0.345. The van der Waals surface area contributed by atoms with Gasteiger partial charge in [-0.1, -0.05) is 37.3 Å². The summed E-state index contributed by atoms with van der Waals surface area (Å²) in [5.41, 5.74) is 4.66. The Morgan fingerprint density at radius 3 is 2.51 bits per heavy atom. The molecule has 6 nitrogen and oxygen atoms in total. The highest BCUT2D eigenvalue weighted by Crippen LogP contribution is 2.32. The van der Waals surface area contributed by atoms with Gasteiger partial charge in [0, 0.05) is 4.90 Å². The van der Waals surface area contributed by atoms with Crippen LogP contribution < -0.4 is 19.6 Å². The Labute approximate surface area is 225 Å². The molecule has 194 valence electrons. The number of carbonyl (C=O) groups is 1. The number of nitrogens with zero attached hydrogens (tertiary/aromatic N) is 2. The standard InChI is InChI=1S/C29H32N2O4S2/c1-8-35-28(33)25-18(5)30-29-31(26(25)19-9-11-21(36-7)12-10-19)27(32)24(37-29)15-20-14-22(16(2)3)23(34-6)13-17(20)4/h9-16,26H,8H2,1-7H3/b24-15+/t26-/m1/s1. The maximum absolute atomic E-state index is 13.9. The molecule has 1 aliphatic heterocycles. The molecule has 37 heavy (non-hydrogen) atoms. The van der Waals surface area contributed by atoms with Crippen LogP contribution in [0.5, 0.6) is 5.75 Å². The van der Waals surface area contributed by atoms with Crippen molar-refractivity contribution in [3.63, 3.8) is 0 Å². The molecule has 0 spiro atoms. The van der Waals surface area contributed by atoms with Crippen molar-refractivity contribution < 1.29 is 14.3 Å². The molecule has 0 aliphatic carbocycles. The van der Waals surface area contributed by atoms with E-state index in [4.69, 9.17) is 9.47 Å². The zero-order valence-corrected chi connectivity index (χ0v) is 23.9. The summed E-state index contributed by atoms with van der Waals surface area (Å²) >= 11 is 2.97. The van der Waals surface area contributed by atoms with Gasteiger partial charge in [0.2, 0.25) is 0 Å². The maximum Gasteiger partial charge on any atom is 0.338 e. The average molecular weight is 537 g/mol. The summed E-state index contributed by atoms with van der Waals surface area (Å²) in [7, 11) is 1.67. The van der Waals surface area contributed by atoms with Gasteiger partial charge in [-0.2, -0.15) is 0 Å². The third-order valence-corrected chi connectivity index (χ3v) is 8.20. The lowest BCUT2D eigenvalue weighted by atomic mass is 9.95. The lowest BCUT2D eigenvalue weighted by Gasteiger charge is -2.24. The van der Waals surface area contributed by atoms with E-state index >= 15 is 0 Å². The van der Waals surface area contributed by atoms with Gasteiger partial charge in [-0.25, -0.2) is 9.79 Å². The van der Waals surface area contributed by atoms with Gasteiger partial charge in [-0.15, -0.1) is 11.8 Å². The van der Waals surface area contributed by atoms with Crippen LogP contribution in [-0.2, 0) is 9.53 Å². The quantitative estimate of drug-likeness (QED) is 0.315. The highest BCUT2D eigenvalue weighted by Gasteiger charge is 2.33. The molecule has 0 amide bonds. The van der Waals surface area contributed by atoms with Crippen LogP contribution >= 0.6 is 23.1 Å². The first-order valence-electron chi connectivity index (χ1n) is 12.2. The van der Waals surface area contributed by atoms with Gasteiger partial charge < -0.3 is 9.47 Å². The largest absolute Gasteiger partial charge is 0.496 e. The van der Waals surface area contributed by atoms with Crippen molar-refractivity contribution in [2.24, 2.45) is 4.99 Å². The second kappa shape index (κ2) is 11.1. The summed E-state index contributed by atoms with van der Waals surface area (Å²) in [5, 5.41) is 0. The van der Waals surface area contributed by atoms with E-state index in [9.17, 15) is 9.59 Å². The first-order valence-corrected chi connectivity index (χ1v) is 14.3. The Kier molecular flexibility index (Phi) is 8.09. The van der Waals surface area contributed by atoms with Gasteiger partial charge in [0.15, 0.2) is 4.80 Å². The van der Waals surface area contributed by atoms with E-state index in [1.807, 2.05) is 49.6 Å². The fourth-order valence-electron chi connectivity index (χ4n) is 4.53. The smallest absolute Gasteiger partial charge is 0.338 e. The van der Waals surface area contributed by atoms with E-state index in [2.05, 4.69) is 24.9 Å². The SMILES string of the molecule is CCOC(=O)C1=C(C)N=c2s/c(=C/c3cc(C(C)C)c(OC)cc3C)c(=O)n2[C@@H]1c1ccc(SC)cc1. The van der Waals surface area contributed by atoms with Crippen molar-refractivity contribution in [1.82, 2.24) is 4.57 Å². The van der Waals surface area contributed by atoms with Crippen LogP contribution in [0.1, 0.15) is 61.9 Å². The summed E-state index contributed by atoms with van der Waals surface area (Å²) in [6.07, 6.45) is 3.93. The van der Waals surface area contributed by atoms with Crippen molar-refractivity contribution in [1.29, 1.82) is 0 Å². The van der Waals surface area contributed by atoms with Gasteiger partial charge in [-0.3, -0.25) is 9.36 Å². The molecule has 3 aromatic rings. The molecular weight excluding hydrogens is 504 g/mol. The molecule has 0 saturated heterocycles. The summed E-state index contributed by atoms with van der Waals surface area (Å²) in [4.78, 5) is 33.3. The summed E-state index contributed by atoms with van der Waals surface area (Å²) in [6.45, 7) is 10.1. The number of aryl methyl sites for hydroxylation is 1. The normalized spacial score (nSPS) is 15.6. The van der Waals surface area contributed by atoms with Gasteiger partial charge in [-0.05, 0) is 85.5 Å². The van der Waals surface area contributed by atoms with Crippen molar-refractivity contribution in [3.8, 4) is 5.75 Å². The lowest BCUT2D eigenvalue weighted by molar-refractivity contribution is -0.139. The number of thiazole rings is 1. The van der Waals surface area contributed by atoms with Crippen LogP contribution in [-0.4, -0.2) is 30.5 Å². The predicted octanol–water partition coefficient (Wildman–Crippen LogP) is 4.96. The molecule has 1 atom stereocenters. The van der Waals surface area contributed by atoms with E-state index in [0.29, 0.717) is 20.6 Å². The Morgan fingerprint density at radius 1 is 1.22 bits per heavy atom. The Balaban J connectivity index is 1.95. The number of carbonyl (C=O) groups excluding carboxylic acids is 1. The number of thioether (sulfide) groups is 1. The van der Waals surface area contributed by atoms with Gasteiger partial charge in [0.25, 0.3) is 5.56 Å². The van der Waals surface area contributed by atoms with Crippen LogP contribution in [0.2, 0.25) is 0 Å². The molecule has 4 rings (SSSR count). The maximum atomic E-state index is 13.9. The van der Waals surface area contributed by atoms with Crippen molar-refractivity contribution >= 4 is 35.1 Å². The van der Waals surface area contributed by atoms with Crippen LogP contribution in [0.15, 0.2) is 62.4 Å². The van der Waals surface area contributed by atoms with Crippen molar-refractivity contribution in [2.75, 3.05) is 20.0 Å². The van der Waals surface area contributed by atoms with Crippen LogP contribution in [0, 0.1) is 6.92 Å². The molecule has 0 fully saturated rings. The van der Waals surface area contributed by atoms with E-state index in [1.165, 1.54) is 11.3 Å². The number of methoxy groups -OCH3 is 1. The minimum Gasteiger partial charge on any atom is -0.496 e. The third kappa shape index (κ3) is 5.18. The van der Waals surface area contributed by atoms with Crippen molar-refractivity contribution in [2.45, 2.75) is 51.5 Å². The van der Waals surface area contributed by atoms with Crippen LogP contribution in [0.3, 0.4) is 0 Å². The van der Waals surface area contributed by atoms with Gasteiger partial charge in [0.1, 0.15) is 5.75 Å². The van der Waals surface area contributed by atoms with E-state index in [0.717, 1.165) is 32.9 Å². The summed E-state index contributed by atoms with van der Waals surface area (Å²) in [6, 6.07) is 11.4. The summed E-state index contributed by atoms with van der Waals surface area (Å²) < 4.78 is 13.2. The van der Waals surface area contributed by atoms with E-state index < -0.39 is 12.0 Å². The van der Waals surface area contributed by atoms with Crippen LogP contribution in [0.25, 0.3) is 6.08 Å². The number of aromatic nitrogens is 1. The molecule has 0 bridgehead atoms. The molecular formula is C29H32N2O4S2. The molecule has 0 saturated carbocycles. The first-order chi connectivity index (χ1) is 17.7. The molecule has 0 unspecified atom stereocenters. The Hall–Kier alpha value is -3.10. The lowest BCUT2D eigenvalue weighted by Crippen LogP contribution is -2.39. The molecule has 0 N–H and O–H groups in total. The topological polar surface area (TPSA) is 69.9 Å². The predicted molar refractivity (Wildman–Crippen MR) is 150 cm³/mol. The second-order valence-electron chi connectivity index (χ2n) is 9.18. The number of allylic oxidation sites excluding steroid dienone is 1. The number of benzene rings is 2. The highest BCUT2D eigenvalue weighted by atomic mass is 32.2. The van der Waals surface area contributed by atoms with Gasteiger partial charge >= 0.3 is 5.97 Å². The summed E-state index contributed by atoms with van der Waals surface area (Å²) in [5.74, 6) is 0.655. The molecule has 1 aromatic heterocycles. The number of hydrogen-bond donors (Lipinski definition) is 0. The number of rotatable bonds is 7. The number of fused-ring (bicyclic) bond motifs is 1. The Morgan fingerprint density at radius 2 is 1.92 bits per heavy atom. The van der Waals surface area contributed by atoms with E-state index in [1.54, 1.807) is 37.3 Å². The number of hydrogen-bond acceptors (Lipinski definition) is 7. The molecule has 8 heteroatoms. The third-order valence-electron chi connectivity index (χ3n) is 6.48. The highest BCUT2D eigenvalue weighted by molar-refractivity contribution is 7.98. The molecule has 2 aromatic carbocycles. The number of esters is 1. The average Bonchev–Trinajstić information content (AvgIpc) is 3.18. The molecule has 1 aliphatic rings. The number of ether oxygens (including phenoxy) is 2. The zero-order valence-electron chi connectivity index (χ0n) is 22.2. The fourth-order valence-corrected chi connectivity index (χ4v) is 5.98.